The molecule has 2 amide bonds. The van der Waals surface area contributed by atoms with Gasteiger partial charge in [-0.1, -0.05) is 13.8 Å². The lowest BCUT2D eigenvalue weighted by atomic mass is 10.0. The highest BCUT2D eigenvalue weighted by atomic mass is 16.5. The van der Waals surface area contributed by atoms with Crippen LogP contribution in [0.4, 0.5) is 4.79 Å². The molecular weight excluding hydrogens is 242 g/mol. The zero-order chi connectivity index (χ0) is 13.7. The van der Waals surface area contributed by atoms with Gasteiger partial charge in [0.15, 0.2) is 0 Å². The van der Waals surface area contributed by atoms with Crippen LogP contribution in [0.3, 0.4) is 0 Å². The van der Waals surface area contributed by atoms with Gasteiger partial charge in [-0.2, -0.15) is 0 Å². The van der Waals surface area contributed by atoms with Crippen molar-refractivity contribution < 1.29 is 9.53 Å². The van der Waals surface area contributed by atoms with Gasteiger partial charge in [-0.05, 0) is 31.8 Å². The van der Waals surface area contributed by atoms with Crippen molar-refractivity contribution in [2.75, 3.05) is 45.9 Å². The molecule has 0 spiro atoms. The van der Waals surface area contributed by atoms with Gasteiger partial charge < -0.3 is 15.0 Å². The predicted molar refractivity (Wildman–Crippen MR) is 75.2 cm³/mol. The number of carbonyl (C=O) groups is 1. The molecule has 0 aromatic rings. The van der Waals surface area contributed by atoms with Gasteiger partial charge in [-0.3, -0.25) is 4.90 Å². The molecule has 2 fully saturated rings. The Morgan fingerprint density at radius 3 is 2.37 bits per heavy atom. The summed E-state index contributed by atoms with van der Waals surface area (Å²) < 4.78 is 5.27. The average molecular weight is 269 g/mol. The lowest BCUT2D eigenvalue weighted by molar-refractivity contribution is 0.0524. The van der Waals surface area contributed by atoms with Gasteiger partial charge in [0.05, 0.1) is 13.2 Å². The number of nitrogens with zero attached hydrogens (tertiary/aromatic N) is 2. The van der Waals surface area contributed by atoms with Gasteiger partial charge in [0.25, 0.3) is 0 Å². The summed E-state index contributed by atoms with van der Waals surface area (Å²) >= 11 is 0. The lowest BCUT2D eigenvalue weighted by Gasteiger charge is -2.33. The highest BCUT2D eigenvalue weighted by molar-refractivity contribution is 5.74. The molecule has 2 saturated heterocycles. The molecule has 2 aliphatic rings. The van der Waals surface area contributed by atoms with Crippen LogP contribution in [0.1, 0.15) is 26.7 Å². The van der Waals surface area contributed by atoms with Crippen LogP contribution >= 0.6 is 0 Å². The van der Waals surface area contributed by atoms with E-state index in [1.807, 2.05) is 4.90 Å². The third-order valence-electron chi connectivity index (χ3n) is 4.14. The van der Waals surface area contributed by atoms with E-state index in [0.29, 0.717) is 38.3 Å². The molecule has 0 aromatic heterocycles. The molecule has 5 nitrogen and oxygen atoms in total. The van der Waals surface area contributed by atoms with E-state index in [2.05, 4.69) is 24.1 Å². The monoisotopic (exact) mass is 269 g/mol. The maximum absolute atomic E-state index is 12.1. The first-order valence-corrected chi connectivity index (χ1v) is 7.53. The normalized spacial score (nSPS) is 22.8. The summed E-state index contributed by atoms with van der Waals surface area (Å²) in [6, 6.07) is 0.528. The summed E-state index contributed by atoms with van der Waals surface area (Å²) in [5, 5.41) is 3.10. The van der Waals surface area contributed by atoms with E-state index in [4.69, 9.17) is 4.74 Å². The second-order valence-corrected chi connectivity index (χ2v) is 5.84. The van der Waals surface area contributed by atoms with Gasteiger partial charge in [0.2, 0.25) is 0 Å². The first-order chi connectivity index (χ1) is 9.18. The number of hydrogen-bond acceptors (Lipinski definition) is 3. The molecule has 19 heavy (non-hydrogen) atoms. The second kappa shape index (κ2) is 7.10. The molecule has 1 atom stereocenters. The molecule has 110 valence electrons. The van der Waals surface area contributed by atoms with Crippen molar-refractivity contribution in [3.05, 3.63) is 0 Å². The summed E-state index contributed by atoms with van der Waals surface area (Å²) in [5.41, 5.74) is 0. The number of rotatable bonds is 4. The van der Waals surface area contributed by atoms with E-state index >= 15 is 0 Å². The van der Waals surface area contributed by atoms with Crippen LogP contribution < -0.4 is 5.32 Å². The summed E-state index contributed by atoms with van der Waals surface area (Å²) in [7, 11) is 0. The van der Waals surface area contributed by atoms with E-state index in [0.717, 1.165) is 6.54 Å². The van der Waals surface area contributed by atoms with Crippen molar-refractivity contribution in [2.24, 2.45) is 5.92 Å². The molecule has 2 aliphatic heterocycles. The molecule has 1 N–H and O–H groups in total. The van der Waals surface area contributed by atoms with Crippen molar-refractivity contribution in [1.29, 1.82) is 0 Å². The van der Waals surface area contributed by atoms with E-state index in [9.17, 15) is 4.79 Å². The number of hydrogen-bond donors (Lipinski definition) is 1. The molecule has 0 bridgehead atoms. The quantitative estimate of drug-likeness (QED) is 0.832. The Hall–Kier alpha value is -0.810. The zero-order valence-corrected chi connectivity index (χ0v) is 12.2. The minimum atomic E-state index is 0.0631. The molecule has 0 saturated carbocycles. The molecule has 1 unspecified atom stereocenters. The smallest absolute Gasteiger partial charge is 0.317 e. The van der Waals surface area contributed by atoms with Crippen LogP contribution in [0.2, 0.25) is 0 Å². The van der Waals surface area contributed by atoms with Gasteiger partial charge in [0, 0.05) is 25.7 Å². The molecule has 2 rings (SSSR count). The summed E-state index contributed by atoms with van der Waals surface area (Å²) in [5.74, 6) is 0.572. The van der Waals surface area contributed by atoms with Crippen LogP contribution in [-0.4, -0.2) is 67.8 Å². The highest BCUT2D eigenvalue weighted by Gasteiger charge is 2.26. The average Bonchev–Trinajstić information content (AvgIpc) is 2.93. The third kappa shape index (κ3) is 4.08. The number of nitrogens with one attached hydrogen (secondary N) is 1. The Balaban J connectivity index is 1.79. The largest absolute Gasteiger partial charge is 0.378 e. The molecular formula is C14H27N3O2. The van der Waals surface area contributed by atoms with Crippen LogP contribution in [0.25, 0.3) is 0 Å². The first-order valence-electron chi connectivity index (χ1n) is 7.53. The summed E-state index contributed by atoms with van der Waals surface area (Å²) in [6.07, 6.45) is 2.58. The topological polar surface area (TPSA) is 44.8 Å². The zero-order valence-electron chi connectivity index (χ0n) is 12.2. The number of ether oxygens (including phenoxy) is 1. The first kappa shape index (κ1) is 14.6. The minimum Gasteiger partial charge on any atom is -0.378 e. The van der Waals surface area contributed by atoms with Crippen LogP contribution in [-0.2, 0) is 4.74 Å². The van der Waals surface area contributed by atoms with Gasteiger partial charge >= 0.3 is 6.03 Å². The van der Waals surface area contributed by atoms with Crippen molar-refractivity contribution >= 4 is 6.03 Å². The maximum atomic E-state index is 12.1. The second-order valence-electron chi connectivity index (χ2n) is 5.84. The Morgan fingerprint density at radius 1 is 1.16 bits per heavy atom. The Kier molecular flexibility index (Phi) is 5.45. The van der Waals surface area contributed by atoms with Crippen molar-refractivity contribution in [3.63, 3.8) is 0 Å². The Morgan fingerprint density at radius 2 is 1.79 bits per heavy atom. The van der Waals surface area contributed by atoms with Gasteiger partial charge in [-0.25, -0.2) is 4.79 Å². The SMILES string of the molecule is CC(C)C(CNC(=O)N1CCOCC1)N1CCCC1. The summed E-state index contributed by atoms with van der Waals surface area (Å²) in [4.78, 5) is 16.5. The van der Waals surface area contributed by atoms with E-state index in [1.54, 1.807) is 0 Å². The standard InChI is InChI=1S/C14H27N3O2/c1-12(2)13(16-5-3-4-6-16)11-15-14(18)17-7-9-19-10-8-17/h12-13H,3-11H2,1-2H3,(H,15,18). The maximum Gasteiger partial charge on any atom is 0.317 e. The fraction of sp³-hybridized carbons (Fsp3) is 0.929. The minimum absolute atomic E-state index is 0.0631. The van der Waals surface area contributed by atoms with Gasteiger partial charge in [0.1, 0.15) is 0 Å². The molecule has 0 aliphatic carbocycles. The molecule has 5 heteroatoms. The molecule has 0 aromatic carbocycles. The fourth-order valence-electron chi connectivity index (χ4n) is 2.93. The van der Waals surface area contributed by atoms with Crippen molar-refractivity contribution in [1.82, 2.24) is 15.1 Å². The van der Waals surface area contributed by atoms with Crippen LogP contribution in [0.5, 0.6) is 0 Å². The number of amides is 2. The fourth-order valence-corrected chi connectivity index (χ4v) is 2.93. The number of likely N-dealkylation sites (tertiary alicyclic amines) is 1. The lowest BCUT2D eigenvalue weighted by Crippen LogP contribution is -2.51. The Labute approximate surface area is 116 Å². The van der Waals surface area contributed by atoms with Crippen molar-refractivity contribution in [2.45, 2.75) is 32.7 Å². The van der Waals surface area contributed by atoms with Crippen LogP contribution in [0, 0.1) is 5.92 Å². The molecule has 0 radical (unpaired) electrons. The number of morpholine rings is 1. The molecule has 2 heterocycles. The van der Waals surface area contributed by atoms with E-state index in [-0.39, 0.29) is 6.03 Å². The highest BCUT2D eigenvalue weighted by Crippen LogP contribution is 2.17. The Bertz CT molecular complexity index is 284. The van der Waals surface area contributed by atoms with Gasteiger partial charge in [-0.15, -0.1) is 0 Å². The third-order valence-corrected chi connectivity index (χ3v) is 4.14. The summed E-state index contributed by atoms with van der Waals surface area (Å²) in [6.45, 7) is 10.3. The predicted octanol–water partition coefficient (Wildman–Crippen LogP) is 1.15. The van der Waals surface area contributed by atoms with Crippen LogP contribution in [0.15, 0.2) is 0 Å². The van der Waals surface area contributed by atoms with E-state index < -0.39 is 0 Å². The van der Waals surface area contributed by atoms with E-state index in [1.165, 1.54) is 25.9 Å². The number of urea groups is 1. The number of carbonyl (C=O) groups excluding carboxylic acids is 1. The van der Waals surface area contributed by atoms with Crippen molar-refractivity contribution in [3.8, 4) is 0 Å².